The van der Waals surface area contributed by atoms with Crippen molar-refractivity contribution in [2.45, 2.75) is 17.7 Å². The minimum Gasteiger partial charge on any atom is -0.497 e. The molecule has 1 aromatic heterocycles. The van der Waals surface area contributed by atoms with Crippen molar-refractivity contribution in [3.05, 3.63) is 72.6 Å². The lowest BCUT2D eigenvalue weighted by molar-refractivity contribution is -0.113. The molecule has 1 heterocycles. The Kier molecular flexibility index (Phi) is 9.27. The second-order valence-electron chi connectivity index (χ2n) is 7.21. The third kappa shape index (κ3) is 6.61. The van der Waals surface area contributed by atoms with E-state index < -0.39 is 12.6 Å². The Morgan fingerprint density at radius 3 is 2.54 bits per heavy atom. The summed E-state index contributed by atoms with van der Waals surface area (Å²) in [7, 11) is 3.07. The molecule has 0 bridgehead atoms. The van der Waals surface area contributed by atoms with Gasteiger partial charge in [0.15, 0.2) is 11.0 Å². The maximum Gasteiger partial charge on any atom is 0.251 e. The Bertz CT molecular complexity index is 1170. The van der Waals surface area contributed by atoms with Crippen molar-refractivity contribution in [3.8, 4) is 11.5 Å². The minimum absolute atomic E-state index is 0.0648. The van der Waals surface area contributed by atoms with Crippen LogP contribution in [0.2, 0.25) is 0 Å². The lowest BCUT2D eigenvalue weighted by Crippen LogP contribution is -2.33. The summed E-state index contributed by atoms with van der Waals surface area (Å²) < 4.78 is 12.1. The monoisotopic (exact) mass is 497 g/mol. The van der Waals surface area contributed by atoms with Gasteiger partial charge >= 0.3 is 0 Å². The van der Waals surface area contributed by atoms with Crippen LogP contribution in [-0.4, -0.2) is 58.3 Å². The number of para-hydroxylation sites is 2. The fraction of sp³-hybridized carbons (Fsp3) is 0.250. The SMILES string of the molecule is C=CCn1c(SCC(=O)Nc2ccccc2OC)nnc1[C@@H](CO)NC(=O)c1ccc(OC)cc1. The second-order valence-corrected chi connectivity index (χ2v) is 8.16. The molecule has 10 nitrogen and oxygen atoms in total. The number of aliphatic hydroxyl groups excluding tert-OH is 1. The number of benzene rings is 2. The number of anilines is 1. The summed E-state index contributed by atoms with van der Waals surface area (Å²) in [6.07, 6.45) is 1.64. The van der Waals surface area contributed by atoms with Gasteiger partial charge in [0.05, 0.1) is 32.3 Å². The number of aromatic nitrogens is 3. The summed E-state index contributed by atoms with van der Waals surface area (Å²) in [6.45, 7) is 3.69. The zero-order chi connectivity index (χ0) is 25.2. The summed E-state index contributed by atoms with van der Waals surface area (Å²) >= 11 is 1.18. The van der Waals surface area contributed by atoms with Gasteiger partial charge in [-0.2, -0.15) is 0 Å². The zero-order valence-corrected chi connectivity index (χ0v) is 20.2. The normalized spacial score (nSPS) is 11.4. The van der Waals surface area contributed by atoms with Crippen LogP contribution in [0.4, 0.5) is 5.69 Å². The Balaban J connectivity index is 1.70. The number of nitrogens with zero attached hydrogens (tertiary/aromatic N) is 3. The number of thioether (sulfide) groups is 1. The molecule has 3 rings (SSSR count). The van der Waals surface area contributed by atoms with Gasteiger partial charge in [0.1, 0.15) is 17.5 Å². The van der Waals surface area contributed by atoms with Gasteiger partial charge in [-0.05, 0) is 36.4 Å². The molecule has 2 amide bonds. The summed E-state index contributed by atoms with van der Waals surface area (Å²) in [5.41, 5.74) is 0.970. The van der Waals surface area contributed by atoms with Crippen molar-refractivity contribution >= 4 is 29.3 Å². The number of allylic oxidation sites excluding steroid dienone is 1. The number of methoxy groups -OCH3 is 2. The van der Waals surface area contributed by atoms with E-state index >= 15 is 0 Å². The third-order valence-electron chi connectivity index (χ3n) is 4.92. The van der Waals surface area contributed by atoms with Crippen LogP contribution in [0.1, 0.15) is 22.2 Å². The molecular weight excluding hydrogens is 470 g/mol. The van der Waals surface area contributed by atoms with Gasteiger partial charge in [0.25, 0.3) is 5.91 Å². The number of ether oxygens (including phenoxy) is 2. The number of hydrogen-bond donors (Lipinski definition) is 3. The molecule has 0 saturated carbocycles. The van der Waals surface area contributed by atoms with E-state index in [9.17, 15) is 14.7 Å². The molecule has 0 aliphatic rings. The van der Waals surface area contributed by atoms with E-state index in [0.717, 1.165) is 0 Å². The van der Waals surface area contributed by atoms with E-state index in [1.54, 1.807) is 60.2 Å². The number of nitrogens with one attached hydrogen (secondary N) is 2. The predicted octanol–water partition coefficient (Wildman–Crippen LogP) is 2.68. The highest BCUT2D eigenvalue weighted by Crippen LogP contribution is 2.25. The van der Waals surface area contributed by atoms with Crippen LogP contribution in [0, 0.1) is 0 Å². The first kappa shape index (κ1) is 25.8. The summed E-state index contributed by atoms with van der Waals surface area (Å²) in [5.74, 6) is 0.964. The number of carbonyl (C=O) groups is 2. The van der Waals surface area contributed by atoms with Gasteiger partial charge in [-0.3, -0.25) is 9.59 Å². The molecule has 0 fully saturated rings. The second kappa shape index (κ2) is 12.6. The van der Waals surface area contributed by atoms with Crippen LogP contribution in [-0.2, 0) is 11.3 Å². The topological polar surface area (TPSA) is 128 Å². The van der Waals surface area contributed by atoms with E-state index in [1.165, 1.54) is 18.9 Å². The van der Waals surface area contributed by atoms with Crippen molar-refractivity contribution in [1.82, 2.24) is 20.1 Å². The number of rotatable bonds is 12. The van der Waals surface area contributed by atoms with Gasteiger partial charge in [-0.1, -0.05) is 30.0 Å². The maximum atomic E-state index is 12.7. The van der Waals surface area contributed by atoms with Crippen molar-refractivity contribution < 1.29 is 24.2 Å². The van der Waals surface area contributed by atoms with Gasteiger partial charge in [-0.15, -0.1) is 16.8 Å². The molecule has 0 spiro atoms. The standard InChI is InChI=1S/C24H27N5O5S/c1-4-13-29-22(19(14-30)26-23(32)16-9-11-17(33-2)12-10-16)27-28-24(29)35-15-21(31)25-18-7-5-6-8-20(18)34-3/h4-12,19,30H,1,13-15H2,2-3H3,(H,25,31)(H,26,32)/t19-/m1/s1. The molecule has 35 heavy (non-hydrogen) atoms. The van der Waals surface area contributed by atoms with Crippen LogP contribution in [0.25, 0.3) is 0 Å². The van der Waals surface area contributed by atoms with E-state index in [2.05, 4.69) is 27.4 Å². The van der Waals surface area contributed by atoms with E-state index in [1.807, 2.05) is 6.07 Å². The van der Waals surface area contributed by atoms with Crippen molar-refractivity contribution in [1.29, 1.82) is 0 Å². The van der Waals surface area contributed by atoms with Gasteiger partial charge in [0.2, 0.25) is 5.91 Å². The molecule has 0 radical (unpaired) electrons. The highest BCUT2D eigenvalue weighted by atomic mass is 32.2. The molecule has 2 aromatic carbocycles. The summed E-state index contributed by atoms with van der Waals surface area (Å²) in [4.78, 5) is 25.2. The molecule has 184 valence electrons. The minimum atomic E-state index is -0.811. The van der Waals surface area contributed by atoms with Gasteiger partial charge in [0, 0.05) is 12.1 Å². The molecule has 3 aromatic rings. The van der Waals surface area contributed by atoms with E-state index in [0.29, 0.717) is 40.3 Å². The highest BCUT2D eigenvalue weighted by Gasteiger charge is 2.23. The number of aliphatic hydroxyl groups is 1. The molecule has 0 aliphatic heterocycles. The molecule has 0 unspecified atom stereocenters. The van der Waals surface area contributed by atoms with Crippen LogP contribution in [0.15, 0.2) is 66.3 Å². The van der Waals surface area contributed by atoms with Crippen molar-refractivity contribution in [2.75, 3.05) is 31.9 Å². The fourth-order valence-electron chi connectivity index (χ4n) is 3.21. The molecular formula is C24H27N5O5S. The Labute approximate surface area is 207 Å². The average Bonchev–Trinajstić information content (AvgIpc) is 3.28. The quantitative estimate of drug-likeness (QED) is 0.257. The Morgan fingerprint density at radius 1 is 1.14 bits per heavy atom. The Morgan fingerprint density at radius 2 is 1.89 bits per heavy atom. The smallest absolute Gasteiger partial charge is 0.251 e. The maximum absolute atomic E-state index is 12.7. The average molecular weight is 498 g/mol. The Hall–Kier alpha value is -3.83. The van der Waals surface area contributed by atoms with Crippen LogP contribution < -0.4 is 20.1 Å². The lowest BCUT2D eigenvalue weighted by Gasteiger charge is -2.17. The molecule has 11 heteroatoms. The van der Waals surface area contributed by atoms with E-state index in [4.69, 9.17) is 9.47 Å². The van der Waals surface area contributed by atoms with Gasteiger partial charge in [-0.25, -0.2) is 0 Å². The van der Waals surface area contributed by atoms with E-state index in [-0.39, 0.29) is 17.6 Å². The number of hydrogen-bond acceptors (Lipinski definition) is 8. The summed E-state index contributed by atoms with van der Waals surface area (Å²) in [5, 5.41) is 24.3. The summed E-state index contributed by atoms with van der Waals surface area (Å²) in [6, 6.07) is 12.9. The largest absolute Gasteiger partial charge is 0.497 e. The van der Waals surface area contributed by atoms with Gasteiger partial charge < -0.3 is 29.8 Å². The van der Waals surface area contributed by atoms with Crippen LogP contribution >= 0.6 is 11.8 Å². The lowest BCUT2D eigenvalue weighted by atomic mass is 10.2. The first-order chi connectivity index (χ1) is 17.0. The molecule has 1 atom stereocenters. The van der Waals surface area contributed by atoms with Crippen molar-refractivity contribution in [3.63, 3.8) is 0 Å². The van der Waals surface area contributed by atoms with Crippen LogP contribution in [0.3, 0.4) is 0 Å². The molecule has 0 saturated heterocycles. The highest BCUT2D eigenvalue weighted by molar-refractivity contribution is 7.99. The number of carbonyl (C=O) groups excluding carboxylic acids is 2. The fourth-order valence-corrected chi connectivity index (χ4v) is 3.96. The molecule has 0 aliphatic carbocycles. The van der Waals surface area contributed by atoms with Crippen LogP contribution in [0.5, 0.6) is 11.5 Å². The molecule has 3 N–H and O–H groups in total. The first-order valence-corrected chi connectivity index (χ1v) is 11.6. The first-order valence-electron chi connectivity index (χ1n) is 10.7. The predicted molar refractivity (Wildman–Crippen MR) is 133 cm³/mol. The number of amides is 2. The van der Waals surface area contributed by atoms with Crippen molar-refractivity contribution in [2.24, 2.45) is 0 Å². The third-order valence-corrected chi connectivity index (χ3v) is 5.89. The zero-order valence-electron chi connectivity index (χ0n) is 19.4.